The molecular formula is C12H25NO2. The third-order valence-electron chi connectivity index (χ3n) is 2.92. The highest BCUT2D eigenvalue weighted by atomic mass is 16.5. The largest absolute Gasteiger partial charge is 0.380 e. The molecule has 1 heterocycles. The first kappa shape index (κ1) is 12.9. The molecule has 1 saturated heterocycles. The van der Waals surface area contributed by atoms with Crippen molar-refractivity contribution in [2.24, 2.45) is 5.92 Å². The summed E-state index contributed by atoms with van der Waals surface area (Å²) in [5, 5.41) is 3.52. The first-order chi connectivity index (χ1) is 7.24. The second kappa shape index (κ2) is 7.20. The van der Waals surface area contributed by atoms with Crippen LogP contribution in [0.1, 0.15) is 33.6 Å². The predicted molar refractivity (Wildman–Crippen MR) is 62.1 cm³/mol. The van der Waals surface area contributed by atoms with E-state index in [4.69, 9.17) is 9.47 Å². The van der Waals surface area contributed by atoms with Crippen LogP contribution in [0.2, 0.25) is 0 Å². The molecule has 0 aromatic heterocycles. The van der Waals surface area contributed by atoms with Gasteiger partial charge in [0.25, 0.3) is 0 Å². The van der Waals surface area contributed by atoms with Gasteiger partial charge in [-0.3, -0.25) is 0 Å². The lowest BCUT2D eigenvalue weighted by molar-refractivity contribution is 0.0246. The van der Waals surface area contributed by atoms with Crippen LogP contribution in [-0.4, -0.2) is 38.5 Å². The zero-order valence-electron chi connectivity index (χ0n) is 10.3. The Morgan fingerprint density at radius 2 is 2.27 bits per heavy atom. The molecular weight excluding hydrogens is 190 g/mol. The number of ether oxygens (including phenoxy) is 2. The van der Waals surface area contributed by atoms with Crippen LogP contribution in [0.25, 0.3) is 0 Å². The fourth-order valence-corrected chi connectivity index (χ4v) is 1.95. The van der Waals surface area contributed by atoms with Crippen molar-refractivity contribution in [3.05, 3.63) is 0 Å². The van der Waals surface area contributed by atoms with E-state index in [1.54, 1.807) is 0 Å². The standard InChI is InChI=1S/C12H25NO2/c1-4-15-12(10(2)3)5-7-13-11-6-8-14-9-11/h10-13H,4-9H2,1-3H3. The number of rotatable bonds is 7. The van der Waals surface area contributed by atoms with Crippen molar-refractivity contribution < 1.29 is 9.47 Å². The highest BCUT2D eigenvalue weighted by Gasteiger charge is 2.17. The Labute approximate surface area is 93.5 Å². The van der Waals surface area contributed by atoms with Crippen LogP contribution in [0.5, 0.6) is 0 Å². The summed E-state index contributed by atoms with van der Waals surface area (Å²) in [5.41, 5.74) is 0. The van der Waals surface area contributed by atoms with Gasteiger partial charge in [0.05, 0.1) is 12.7 Å². The Morgan fingerprint density at radius 3 is 2.80 bits per heavy atom. The lowest BCUT2D eigenvalue weighted by atomic mass is 10.0. The van der Waals surface area contributed by atoms with Gasteiger partial charge in [0, 0.05) is 19.3 Å². The summed E-state index contributed by atoms with van der Waals surface area (Å²) in [6, 6.07) is 0.569. The van der Waals surface area contributed by atoms with Gasteiger partial charge >= 0.3 is 0 Å². The minimum atomic E-state index is 0.393. The number of hydrogen-bond acceptors (Lipinski definition) is 3. The van der Waals surface area contributed by atoms with Crippen LogP contribution in [0, 0.1) is 5.92 Å². The van der Waals surface area contributed by atoms with E-state index in [1.165, 1.54) is 0 Å². The normalized spacial score (nSPS) is 23.6. The summed E-state index contributed by atoms with van der Waals surface area (Å²) in [5.74, 6) is 0.603. The summed E-state index contributed by atoms with van der Waals surface area (Å²) in [6.45, 7) is 10.1. The molecule has 0 spiro atoms. The second-order valence-electron chi connectivity index (χ2n) is 4.54. The van der Waals surface area contributed by atoms with Crippen LogP contribution >= 0.6 is 0 Å². The average molecular weight is 215 g/mol. The Hall–Kier alpha value is -0.120. The van der Waals surface area contributed by atoms with E-state index in [1.807, 2.05) is 0 Å². The molecule has 3 nitrogen and oxygen atoms in total. The van der Waals surface area contributed by atoms with Crippen molar-refractivity contribution in [1.29, 1.82) is 0 Å². The molecule has 90 valence electrons. The van der Waals surface area contributed by atoms with Crippen LogP contribution in [0.3, 0.4) is 0 Å². The van der Waals surface area contributed by atoms with Crippen LogP contribution in [0.15, 0.2) is 0 Å². The first-order valence-electron chi connectivity index (χ1n) is 6.16. The minimum absolute atomic E-state index is 0.393. The molecule has 0 aromatic rings. The maximum absolute atomic E-state index is 5.70. The Kier molecular flexibility index (Phi) is 6.22. The van der Waals surface area contributed by atoms with Crippen LogP contribution in [-0.2, 0) is 9.47 Å². The number of nitrogens with one attached hydrogen (secondary N) is 1. The van der Waals surface area contributed by atoms with Crippen molar-refractivity contribution in [2.45, 2.75) is 45.8 Å². The molecule has 15 heavy (non-hydrogen) atoms. The predicted octanol–water partition coefficient (Wildman–Crippen LogP) is 1.82. The first-order valence-corrected chi connectivity index (χ1v) is 6.16. The van der Waals surface area contributed by atoms with Gasteiger partial charge in [0.2, 0.25) is 0 Å². The molecule has 3 heteroatoms. The van der Waals surface area contributed by atoms with Crippen LogP contribution in [0.4, 0.5) is 0 Å². The van der Waals surface area contributed by atoms with E-state index < -0.39 is 0 Å². The second-order valence-corrected chi connectivity index (χ2v) is 4.54. The monoisotopic (exact) mass is 215 g/mol. The van der Waals surface area contributed by atoms with Crippen molar-refractivity contribution in [3.63, 3.8) is 0 Å². The fraction of sp³-hybridized carbons (Fsp3) is 1.00. The van der Waals surface area contributed by atoms with Crippen molar-refractivity contribution in [1.82, 2.24) is 5.32 Å². The van der Waals surface area contributed by atoms with Gasteiger partial charge in [-0.05, 0) is 32.2 Å². The highest BCUT2D eigenvalue weighted by molar-refractivity contribution is 4.72. The third kappa shape index (κ3) is 4.96. The minimum Gasteiger partial charge on any atom is -0.380 e. The van der Waals surface area contributed by atoms with E-state index in [9.17, 15) is 0 Å². The van der Waals surface area contributed by atoms with Crippen LogP contribution < -0.4 is 5.32 Å². The smallest absolute Gasteiger partial charge is 0.0620 e. The van der Waals surface area contributed by atoms with Crippen molar-refractivity contribution >= 4 is 0 Å². The Morgan fingerprint density at radius 1 is 1.47 bits per heavy atom. The van der Waals surface area contributed by atoms with Gasteiger partial charge in [-0.2, -0.15) is 0 Å². The zero-order chi connectivity index (χ0) is 11.1. The summed E-state index contributed by atoms with van der Waals surface area (Å²) >= 11 is 0. The average Bonchev–Trinajstić information content (AvgIpc) is 2.69. The zero-order valence-corrected chi connectivity index (χ0v) is 10.3. The number of hydrogen-bond donors (Lipinski definition) is 1. The third-order valence-corrected chi connectivity index (χ3v) is 2.92. The van der Waals surface area contributed by atoms with Gasteiger partial charge in [-0.25, -0.2) is 0 Å². The molecule has 1 aliphatic heterocycles. The molecule has 1 aliphatic rings. The molecule has 0 radical (unpaired) electrons. The summed E-state index contributed by atoms with van der Waals surface area (Å²) in [6.07, 6.45) is 2.65. The van der Waals surface area contributed by atoms with Gasteiger partial charge in [-0.1, -0.05) is 13.8 Å². The van der Waals surface area contributed by atoms with E-state index >= 15 is 0 Å². The highest BCUT2D eigenvalue weighted by Crippen LogP contribution is 2.11. The Balaban J connectivity index is 2.09. The molecule has 0 aromatic carbocycles. The molecule has 1 N–H and O–H groups in total. The van der Waals surface area contributed by atoms with Gasteiger partial charge < -0.3 is 14.8 Å². The summed E-state index contributed by atoms with van der Waals surface area (Å²) in [4.78, 5) is 0. The van der Waals surface area contributed by atoms with Crippen molar-refractivity contribution in [3.8, 4) is 0 Å². The fourth-order valence-electron chi connectivity index (χ4n) is 1.95. The Bertz CT molecular complexity index is 156. The van der Waals surface area contributed by atoms with E-state index in [0.29, 0.717) is 18.1 Å². The summed E-state index contributed by atoms with van der Waals surface area (Å²) in [7, 11) is 0. The van der Waals surface area contributed by atoms with E-state index in [0.717, 1.165) is 39.2 Å². The maximum Gasteiger partial charge on any atom is 0.0620 e. The van der Waals surface area contributed by atoms with Gasteiger partial charge in [0.15, 0.2) is 0 Å². The molecule has 2 atom stereocenters. The van der Waals surface area contributed by atoms with E-state index in [-0.39, 0.29) is 0 Å². The lowest BCUT2D eigenvalue weighted by Crippen LogP contribution is -2.33. The van der Waals surface area contributed by atoms with Crippen molar-refractivity contribution in [2.75, 3.05) is 26.4 Å². The maximum atomic E-state index is 5.70. The lowest BCUT2D eigenvalue weighted by Gasteiger charge is -2.21. The van der Waals surface area contributed by atoms with Gasteiger partial charge in [-0.15, -0.1) is 0 Å². The quantitative estimate of drug-likeness (QED) is 0.702. The SMILES string of the molecule is CCOC(CCNC1CCOC1)C(C)C. The summed E-state index contributed by atoms with van der Waals surface area (Å²) < 4.78 is 11.0. The molecule has 0 aliphatic carbocycles. The molecule has 1 fully saturated rings. The molecule has 2 unspecified atom stereocenters. The molecule has 0 saturated carbocycles. The topological polar surface area (TPSA) is 30.5 Å². The molecule has 1 rings (SSSR count). The van der Waals surface area contributed by atoms with Gasteiger partial charge in [0.1, 0.15) is 0 Å². The molecule has 0 bridgehead atoms. The van der Waals surface area contributed by atoms with E-state index in [2.05, 4.69) is 26.1 Å². The molecule has 0 amide bonds.